The van der Waals surface area contributed by atoms with Crippen LogP contribution in [0.4, 0.5) is 0 Å². The molecule has 0 bridgehead atoms. The van der Waals surface area contributed by atoms with Gasteiger partial charge in [0.25, 0.3) is 11.7 Å². The number of hydrogen-bond donors (Lipinski definition) is 1. The molecule has 0 aliphatic heterocycles. The van der Waals surface area contributed by atoms with E-state index in [0.29, 0.717) is 5.56 Å². The van der Waals surface area contributed by atoms with Crippen LogP contribution < -0.4 is 0 Å². The van der Waals surface area contributed by atoms with Gasteiger partial charge in [0.05, 0.1) is 5.56 Å². The van der Waals surface area contributed by atoms with Crippen LogP contribution in [0.2, 0.25) is 0 Å². The van der Waals surface area contributed by atoms with Gasteiger partial charge in [-0.2, -0.15) is 0 Å². The van der Waals surface area contributed by atoms with Gasteiger partial charge in [0.1, 0.15) is 0 Å². The molecular formula is C14H16N2O2. The van der Waals surface area contributed by atoms with Crippen LogP contribution in [0.25, 0.3) is 10.9 Å². The van der Waals surface area contributed by atoms with E-state index in [1.165, 1.54) is 4.90 Å². The van der Waals surface area contributed by atoms with E-state index < -0.39 is 11.7 Å². The summed E-state index contributed by atoms with van der Waals surface area (Å²) in [6.45, 7) is 3.75. The third-order valence-corrected chi connectivity index (χ3v) is 3.12. The third-order valence-electron chi connectivity index (χ3n) is 3.12. The molecular weight excluding hydrogens is 228 g/mol. The van der Waals surface area contributed by atoms with E-state index in [0.717, 1.165) is 10.9 Å². The monoisotopic (exact) mass is 244 g/mol. The summed E-state index contributed by atoms with van der Waals surface area (Å²) in [5.74, 6) is -0.946. The highest BCUT2D eigenvalue weighted by Crippen LogP contribution is 2.18. The van der Waals surface area contributed by atoms with Gasteiger partial charge in [-0.3, -0.25) is 9.59 Å². The topological polar surface area (TPSA) is 53.2 Å². The van der Waals surface area contributed by atoms with Crippen LogP contribution in [0.5, 0.6) is 0 Å². The van der Waals surface area contributed by atoms with Gasteiger partial charge in [0.2, 0.25) is 0 Å². The number of ketones is 1. The minimum absolute atomic E-state index is 0.00616. The molecule has 2 aromatic rings. The molecule has 1 aromatic carbocycles. The number of carbonyl (C=O) groups is 2. The van der Waals surface area contributed by atoms with Crippen molar-refractivity contribution >= 4 is 22.6 Å². The summed E-state index contributed by atoms with van der Waals surface area (Å²) >= 11 is 0. The number of fused-ring (bicyclic) bond motifs is 1. The van der Waals surface area contributed by atoms with Gasteiger partial charge in [0.15, 0.2) is 0 Å². The zero-order valence-corrected chi connectivity index (χ0v) is 10.7. The highest BCUT2D eigenvalue weighted by molar-refractivity contribution is 6.44. The fourth-order valence-corrected chi connectivity index (χ4v) is 1.77. The summed E-state index contributed by atoms with van der Waals surface area (Å²) in [5.41, 5.74) is 1.30. The van der Waals surface area contributed by atoms with E-state index in [4.69, 9.17) is 0 Å². The molecule has 4 nitrogen and oxygen atoms in total. The van der Waals surface area contributed by atoms with Gasteiger partial charge in [-0.1, -0.05) is 18.2 Å². The molecule has 4 heteroatoms. The van der Waals surface area contributed by atoms with E-state index in [-0.39, 0.29) is 6.04 Å². The van der Waals surface area contributed by atoms with E-state index in [1.807, 2.05) is 38.1 Å². The number of likely N-dealkylation sites (N-methyl/N-ethyl adjacent to an activating group) is 1. The third kappa shape index (κ3) is 2.01. The van der Waals surface area contributed by atoms with Crippen molar-refractivity contribution in [2.75, 3.05) is 7.05 Å². The number of nitrogens with zero attached hydrogens (tertiary/aromatic N) is 1. The number of hydrogen-bond acceptors (Lipinski definition) is 2. The highest BCUT2D eigenvalue weighted by Gasteiger charge is 2.24. The highest BCUT2D eigenvalue weighted by atomic mass is 16.2. The Labute approximate surface area is 106 Å². The molecule has 0 aliphatic rings. The second-order valence-corrected chi connectivity index (χ2v) is 4.59. The van der Waals surface area contributed by atoms with E-state index in [1.54, 1.807) is 13.2 Å². The Kier molecular flexibility index (Phi) is 3.19. The Morgan fingerprint density at radius 3 is 2.56 bits per heavy atom. The SMILES string of the molecule is CC(C)N(C)C(=O)C(=O)c1c[nH]c2ccccc12. The lowest BCUT2D eigenvalue weighted by atomic mass is 10.1. The summed E-state index contributed by atoms with van der Waals surface area (Å²) in [5, 5.41) is 0.785. The van der Waals surface area contributed by atoms with Crippen molar-refractivity contribution in [1.82, 2.24) is 9.88 Å². The van der Waals surface area contributed by atoms with Gasteiger partial charge in [-0.15, -0.1) is 0 Å². The minimum atomic E-state index is -0.477. The lowest BCUT2D eigenvalue weighted by Gasteiger charge is -2.20. The van der Waals surface area contributed by atoms with Crippen molar-refractivity contribution in [3.8, 4) is 0 Å². The van der Waals surface area contributed by atoms with E-state index >= 15 is 0 Å². The average molecular weight is 244 g/mol. The fourth-order valence-electron chi connectivity index (χ4n) is 1.77. The first-order chi connectivity index (χ1) is 8.52. The number of amides is 1. The zero-order valence-electron chi connectivity index (χ0n) is 10.7. The van der Waals surface area contributed by atoms with Crippen LogP contribution in [-0.2, 0) is 4.79 Å². The molecule has 2 rings (SSSR count). The second kappa shape index (κ2) is 4.64. The lowest BCUT2D eigenvalue weighted by molar-refractivity contribution is -0.126. The van der Waals surface area contributed by atoms with Crippen LogP contribution in [-0.4, -0.2) is 34.7 Å². The predicted molar refractivity (Wildman–Crippen MR) is 70.5 cm³/mol. The summed E-state index contributed by atoms with van der Waals surface area (Å²) in [6, 6.07) is 7.45. The number of aromatic amines is 1. The zero-order chi connectivity index (χ0) is 13.3. The molecule has 0 atom stereocenters. The van der Waals surface area contributed by atoms with Crippen molar-refractivity contribution in [2.24, 2.45) is 0 Å². The molecule has 0 saturated carbocycles. The molecule has 0 radical (unpaired) electrons. The number of Topliss-reactive ketones (excluding diaryl/α,β-unsaturated/α-hetero) is 1. The lowest BCUT2D eigenvalue weighted by Crippen LogP contribution is -2.38. The number of benzene rings is 1. The predicted octanol–water partition coefficient (Wildman–Crippen LogP) is 2.22. The van der Waals surface area contributed by atoms with Crippen molar-refractivity contribution in [2.45, 2.75) is 19.9 Å². The minimum Gasteiger partial charge on any atom is -0.360 e. The second-order valence-electron chi connectivity index (χ2n) is 4.59. The van der Waals surface area contributed by atoms with Gasteiger partial charge in [0, 0.05) is 30.2 Å². The first-order valence-electron chi connectivity index (χ1n) is 5.90. The Morgan fingerprint density at radius 2 is 1.89 bits per heavy atom. The molecule has 0 unspecified atom stereocenters. The van der Waals surface area contributed by atoms with Gasteiger partial charge < -0.3 is 9.88 Å². The standard InChI is InChI=1S/C14H16N2O2/c1-9(2)16(3)14(18)13(17)11-8-15-12-7-5-4-6-10(11)12/h4-9,15H,1-3H3. The molecule has 0 fully saturated rings. The van der Waals surface area contributed by atoms with Crippen molar-refractivity contribution < 1.29 is 9.59 Å². The molecule has 1 amide bonds. The van der Waals surface area contributed by atoms with Crippen LogP contribution in [0.3, 0.4) is 0 Å². The van der Waals surface area contributed by atoms with Gasteiger partial charge in [-0.25, -0.2) is 0 Å². The van der Waals surface area contributed by atoms with Crippen molar-refractivity contribution in [3.63, 3.8) is 0 Å². The number of para-hydroxylation sites is 1. The molecule has 1 heterocycles. The fraction of sp³-hybridized carbons (Fsp3) is 0.286. The summed E-state index contributed by atoms with van der Waals surface area (Å²) in [7, 11) is 1.64. The molecule has 0 aliphatic carbocycles. The summed E-state index contributed by atoms with van der Waals surface area (Å²) in [6.07, 6.45) is 1.60. The Hall–Kier alpha value is -2.10. The molecule has 1 aromatic heterocycles. The quantitative estimate of drug-likeness (QED) is 0.665. The number of rotatable bonds is 3. The summed E-state index contributed by atoms with van der Waals surface area (Å²) in [4.78, 5) is 28.6. The van der Waals surface area contributed by atoms with E-state index in [9.17, 15) is 9.59 Å². The number of aromatic nitrogens is 1. The molecule has 1 N–H and O–H groups in total. The average Bonchev–Trinajstić information content (AvgIpc) is 2.79. The number of H-pyrrole nitrogens is 1. The van der Waals surface area contributed by atoms with Crippen molar-refractivity contribution in [1.29, 1.82) is 0 Å². The van der Waals surface area contributed by atoms with Crippen molar-refractivity contribution in [3.05, 3.63) is 36.0 Å². The Bertz CT molecular complexity index is 599. The molecule has 0 saturated heterocycles. The van der Waals surface area contributed by atoms with E-state index in [2.05, 4.69) is 4.98 Å². The van der Waals surface area contributed by atoms with Crippen LogP contribution in [0.1, 0.15) is 24.2 Å². The summed E-state index contributed by atoms with van der Waals surface area (Å²) < 4.78 is 0. The van der Waals surface area contributed by atoms with Gasteiger partial charge in [-0.05, 0) is 19.9 Å². The Morgan fingerprint density at radius 1 is 1.22 bits per heavy atom. The van der Waals surface area contributed by atoms with Gasteiger partial charge >= 0.3 is 0 Å². The largest absolute Gasteiger partial charge is 0.360 e. The maximum atomic E-state index is 12.2. The normalized spacial score (nSPS) is 10.9. The molecule has 0 spiro atoms. The maximum Gasteiger partial charge on any atom is 0.295 e. The molecule has 18 heavy (non-hydrogen) atoms. The van der Waals surface area contributed by atoms with Crippen LogP contribution in [0, 0.1) is 0 Å². The smallest absolute Gasteiger partial charge is 0.295 e. The van der Waals surface area contributed by atoms with Crippen LogP contribution >= 0.6 is 0 Å². The van der Waals surface area contributed by atoms with Crippen LogP contribution in [0.15, 0.2) is 30.5 Å². The number of carbonyl (C=O) groups excluding carboxylic acids is 2. The first-order valence-corrected chi connectivity index (χ1v) is 5.90. The maximum absolute atomic E-state index is 12.2. The Balaban J connectivity index is 2.37. The molecule has 94 valence electrons. The number of nitrogens with one attached hydrogen (secondary N) is 1. The first kappa shape index (κ1) is 12.4.